The average Bonchev–Trinajstić information content (AvgIpc) is 2.65. The number of carboxylic acid groups (broad SMARTS) is 1. The molecular formula is C10H14N2O3S. The van der Waals surface area contributed by atoms with Crippen LogP contribution in [-0.2, 0) is 16.1 Å². The van der Waals surface area contributed by atoms with Gasteiger partial charge in [-0.1, -0.05) is 0 Å². The lowest BCUT2D eigenvalue weighted by molar-refractivity contribution is -0.165. The Balaban J connectivity index is 1.74. The second-order valence-corrected chi connectivity index (χ2v) is 5.18. The molecule has 2 rings (SSSR count). The zero-order chi connectivity index (χ0) is 11.6. The fourth-order valence-corrected chi connectivity index (χ4v) is 2.52. The third kappa shape index (κ3) is 2.78. The third-order valence-corrected chi connectivity index (χ3v) is 3.27. The molecule has 1 saturated heterocycles. The number of carbonyl (C=O) groups is 1. The highest BCUT2D eigenvalue weighted by atomic mass is 32.1. The number of aromatic nitrogens is 1. The molecule has 0 saturated carbocycles. The largest absolute Gasteiger partial charge is 0.480 e. The van der Waals surface area contributed by atoms with E-state index in [4.69, 9.17) is 9.84 Å². The van der Waals surface area contributed by atoms with E-state index < -0.39 is 5.97 Å². The molecule has 0 aromatic carbocycles. The van der Waals surface area contributed by atoms with E-state index in [0.717, 1.165) is 24.6 Å². The highest BCUT2D eigenvalue weighted by Crippen LogP contribution is 2.26. The van der Waals surface area contributed by atoms with Gasteiger partial charge in [-0.2, -0.15) is 0 Å². The zero-order valence-corrected chi connectivity index (χ0v) is 9.87. The predicted octanol–water partition coefficient (Wildman–Crippen LogP) is 0.819. The van der Waals surface area contributed by atoms with Crippen molar-refractivity contribution in [2.24, 2.45) is 0 Å². The second kappa shape index (κ2) is 4.48. The third-order valence-electron chi connectivity index (χ3n) is 2.50. The maximum atomic E-state index is 10.4. The van der Waals surface area contributed by atoms with Crippen molar-refractivity contribution < 1.29 is 14.6 Å². The summed E-state index contributed by atoms with van der Waals surface area (Å²) in [5, 5.41) is 11.6. The quantitative estimate of drug-likeness (QED) is 0.828. The number of nitrogens with zero attached hydrogens (tertiary/aromatic N) is 2. The molecular weight excluding hydrogens is 228 g/mol. The van der Waals surface area contributed by atoms with Crippen molar-refractivity contribution in [2.75, 3.05) is 19.7 Å². The lowest BCUT2D eigenvalue weighted by Crippen LogP contribution is -2.61. The first-order valence-electron chi connectivity index (χ1n) is 5.04. The Morgan fingerprint density at radius 1 is 1.75 bits per heavy atom. The lowest BCUT2D eigenvalue weighted by Gasteiger charge is -2.47. The summed E-state index contributed by atoms with van der Waals surface area (Å²) in [5.74, 6) is -0.917. The van der Waals surface area contributed by atoms with Gasteiger partial charge >= 0.3 is 5.97 Å². The van der Waals surface area contributed by atoms with E-state index in [2.05, 4.69) is 9.88 Å². The summed E-state index contributed by atoms with van der Waals surface area (Å²) in [4.78, 5) is 16.8. The van der Waals surface area contributed by atoms with Gasteiger partial charge in [0, 0.05) is 24.7 Å². The number of likely N-dealkylation sites (tertiary alicyclic amines) is 1. The molecule has 16 heavy (non-hydrogen) atoms. The summed E-state index contributed by atoms with van der Waals surface area (Å²) in [6.07, 6.45) is 1.79. The van der Waals surface area contributed by atoms with Crippen LogP contribution in [0.2, 0.25) is 0 Å². The first-order chi connectivity index (χ1) is 7.57. The van der Waals surface area contributed by atoms with E-state index in [9.17, 15) is 4.79 Å². The summed E-state index contributed by atoms with van der Waals surface area (Å²) in [6, 6.07) is 0. The number of ether oxygens (including phenoxy) is 1. The Morgan fingerprint density at radius 3 is 3.06 bits per heavy atom. The molecule has 0 aliphatic carbocycles. The SMILES string of the molecule is CC1(OCC(=O)O)CN(Cc2nccs2)C1. The van der Waals surface area contributed by atoms with Crippen LogP contribution in [0, 0.1) is 0 Å². The molecule has 1 aromatic heterocycles. The minimum atomic E-state index is -0.917. The van der Waals surface area contributed by atoms with E-state index in [0.29, 0.717) is 0 Å². The topological polar surface area (TPSA) is 62.7 Å². The number of carboxylic acids is 1. The molecule has 1 N–H and O–H groups in total. The molecule has 0 amide bonds. The van der Waals surface area contributed by atoms with Crippen molar-refractivity contribution in [2.45, 2.75) is 19.1 Å². The van der Waals surface area contributed by atoms with Crippen molar-refractivity contribution in [3.63, 3.8) is 0 Å². The summed E-state index contributed by atoms with van der Waals surface area (Å²) in [5.41, 5.74) is -0.310. The van der Waals surface area contributed by atoms with Gasteiger partial charge in [-0.25, -0.2) is 9.78 Å². The van der Waals surface area contributed by atoms with Crippen LogP contribution in [0.3, 0.4) is 0 Å². The smallest absolute Gasteiger partial charge is 0.329 e. The highest BCUT2D eigenvalue weighted by molar-refractivity contribution is 7.09. The predicted molar refractivity (Wildman–Crippen MR) is 59.4 cm³/mol. The summed E-state index contributed by atoms with van der Waals surface area (Å²) in [6.45, 7) is 4.07. The lowest BCUT2D eigenvalue weighted by atomic mass is 9.96. The molecule has 0 radical (unpaired) electrons. The Kier molecular flexibility index (Phi) is 3.22. The molecule has 0 spiro atoms. The van der Waals surface area contributed by atoms with E-state index in [1.54, 1.807) is 17.5 Å². The van der Waals surface area contributed by atoms with Gasteiger partial charge in [-0.15, -0.1) is 11.3 Å². The molecule has 0 atom stereocenters. The van der Waals surface area contributed by atoms with Crippen LogP contribution in [0.25, 0.3) is 0 Å². The summed E-state index contributed by atoms with van der Waals surface area (Å²) in [7, 11) is 0. The maximum Gasteiger partial charge on any atom is 0.329 e. The minimum absolute atomic E-state index is 0.221. The number of rotatable bonds is 5. The van der Waals surface area contributed by atoms with E-state index in [-0.39, 0.29) is 12.2 Å². The molecule has 1 aliphatic heterocycles. The molecule has 1 fully saturated rings. The van der Waals surface area contributed by atoms with Crippen LogP contribution >= 0.6 is 11.3 Å². The molecule has 5 nitrogen and oxygen atoms in total. The van der Waals surface area contributed by atoms with E-state index >= 15 is 0 Å². The van der Waals surface area contributed by atoms with Gasteiger partial charge in [0.2, 0.25) is 0 Å². The van der Waals surface area contributed by atoms with Crippen molar-refractivity contribution in [1.29, 1.82) is 0 Å². The van der Waals surface area contributed by atoms with Gasteiger partial charge in [-0.05, 0) is 6.92 Å². The minimum Gasteiger partial charge on any atom is -0.480 e. The number of hydrogen-bond acceptors (Lipinski definition) is 5. The van der Waals surface area contributed by atoms with Gasteiger partial charge in [0.25, 0.3) is 0 Å². The molecule has 0 unspecified atom stereocenters. The van der Waals surface area contributed by atoms with Gasteiger partial charge < -0.3 is 9.84 Å². The Hall–Kier alpha value is -0.980. The molecule has 6 heteroatoms. The van der Waals surface area contributed by atoms with Crippen LogP contribution in [0.5, 0.6) is 0 Å². The molecule has 88 valence electrons. The van der Waals surface area contributed by atoms with Crippen LogP contribution in [0.4, 0.5) is 0 Å². The van der Waals surface area contributed by atoms with Crippen LogP contribution < -0.4 is 0 Å². The molecule has 1 aromatic rings. The summed E-state index contributed by atoms with van der Waals surface area (Å²) >= 11 is 1.63. The molecule has 1 aliphatic rings. The fraction of sp³-hybridized carbons (Fsp3) is 0.600. The van der Waals surface area contributed by atoms with Gasteiger partial charge in [0.05, 0.1) is 12.1 Å². The van der Waals surface area contributed by atoms with Crippen LogP contribution in [0.1, 0.15) is 11.9 Å². The van der Waals surface area contributed by atoms with E-state index in [1.807, 2.05) is 12.3 Å². The van der Waals surface area contributed by atoms with Crippen molar-refractivity contribution in [3.05, 3.63) is 16.6 Å². The fourth-order valence-electron chi connectivity index (χ4n) is 1.86. The van der Waals surface area contributed by atoms with Crippen molar-refractivity contribution in [3.8, 4) is 0 Å². The normalized spacial score (nSPS) is 19.3. The molecule has 2 heterocycles. The van der Waals surface area contributed by atoms with Gasteiger partial charge in [0.1, 0.15) is 11.6 Å². The monoisotopic (exact) mass is 242 g/mol. The highest BCUT2D eigenvalue weighted by Gasteiger charge is 2.40. The first-order valence-corrected chi connectivity index (χ1v) is 5.92. The Labute approximate surface area is 97.7 Å². The number of aliphatic carboxylic acids is 1. The van der Waals surface area contributed by atoms with Crippen molar-refractivity contribution in [1.82, 2.24) is 9.88 Å². The zero-order valence-electron chi connectivity index (χ0n) is 9.05. The van der Waals surface area contributed by atoms with Gasteiger partial charge in [-0.3, -0.25) is 4.90 Å². The molecule has 0 bridgehead atoms. The van der Waals surface area contributed by atoms with Crippen LogP contribution in [-0.4, -0.2) is 46.3 Å². The summed E-state index contributed by atoms with van der Waals surface area (Å²) < 4.78 is 5.32. The van der Waals surface area contributed by atoms with Crippen molar-refractivity contribution >= 4 is 17.3 Å². The maximum absolute atomic E-state index is 10.4. The Morgan fingerprint density at radius 2 is 2.50 bits per heavy atom. The van der Waals surface area contributed by atoms with Crippen LogP contribution in [0.15, 0.2) is 11.6 Å². The number of thiazole rings is 1. The first kappa shape index (κ1) is 11.5. The number of hydrogen-bond donors (Lipinski definition) is 1. The second-order valence-electron chi connectivity index (χ2n) is 4.20. The Bertz CT molecular complexity index is 360. The average molecular weight is 242 g/mol. The standard InChI is InChI=1S/C10H14N2O3S/c1-10(15-5-9(13)14)6-12(7-10)4-8-11-2-3-16-8/h2-3H,4-7H2,1H3,(H,13,14). The van der Waals surface area contributed by atoms with Gasteiger partial charge in [0.15, 0.2) is 0 Å². The van der Waals surface area contributed by atoms with E-state index in [1.165, 1.54) is 0 Å².